The first-order valence-corrected chi connectivity index (χ1v) is 7.82. The second-order valence-electron chi connectivity index (χ2n) is 6.16. The van der Waals surface area contributed by atoms with Crippen LogP contribution in [0.4, 0.5) is 0 Å². The summed E-state index contributed by atoms with van der Waals surface area (Å²) in [5.74, 6) is 0.155. The van der Waals surface area contributed by atoms with E-state index in [2.05, 4.69) is 24.1 Å². The first-order chi connectivity index (χ1) is 9.06. The summed E-state index contributed by atoms with van der Waals surface area (Å²) in [5.41, 5.74) is 0. The Morgan fingerprint density at radius 1 is 1.26 bits per heavy atom. The predicted octanol–water partition coefficient (Wildman–Crippen LogP) is 1.67. The van der Waals surface area contributed by atoms with E-state index in [-0.39, 0.29) is 18.1 Å². The number of carbonyl (C=O) groups is 1. The van der Waals surface area contributed by atoms with E-state index in [1.54, 1.807) is 0 Å². The monoisotopic (exact) mass is 268 g/mol. The Morgan fingerprint density at radius 3 is 2.26 bits per heavy atom. The Morgan fingerprint density at radius 2 is 1.79 bits per heavy atom. The molecule has 3 atom stereocenters. The fraction of sp³-hybridized carbons (Fsp3) is 0.933. The van der Waals surface area contributed by atoms with Gasteiger partial charge in [0, 0.05) is 18.1 Å². The zero-order valence-electron chi connectivity index (χ0n) is 12.4. The molecular weight excluding hydrogens is 240 g/mol. The molecule has 2 aliphatic heterocycles. The van der Waals surface area contributed by atoms with Gasteiger partial charge in [0.1, 0.15) is 0 Å². The minimum atomic E-state index is -0.164. The molecule has 4 heteroatoms. The molecule has 2 rings (SSSR count). The molecule has 2 aliphatic rings. The zero-order chi connectivity index (χ0) is 14.0. The Labute approximate surface area is 116 Å². The van der Waals surface area contributed by atoms with Gasteiger partial charge in [-0.3, -0.25) is 9.69 Å². The van der Waals surface area contributed by atoms with Gasteiger partial charge in [0.15, 0.2) is 0 Å². The number of amides is 1. The molecule has 2 fully saturated rings. The molecule has 1 amide bonds. The van der Waals surface area contributed by atoms with Gasteiger partial charge in [-0.2, -0.15) is 0 Å². The van der Waals surface area contributed by atoms with Crippen molar-refractivity contribution in [2.75, 3.05) is 0 Å². The van der Waals surface area contributed by atoms with Crippen LogP contribution in [0.2, 0.25) is 0 Å². The fourth-order valence-electron chi connectivity index (χ4n) is 3.77. The standard InChI is InChI=1S/C15H28N2O2/c1-4-11(5-2)16-15(19)10(3)17-12-6-7-13(17)9-14(18)8-12/h10-14,18H,4-9H2,1-3H3,(H,16,19). The number of piperidine rings is 1. The highest BCUT2D eigenvalue weighted by Crippen LogP contribution is 2.37. The highest BCUT2D eigenvalue weighted by molar-refractivity contribution is 5.81. The summed E-state index contributed by atoms with van der Waals surface area (Å²) in [4.78, 5) is 14.7. The Hall–Kier alpha value is -0.610. The van der Waals surface area contributed by atoms with Gasteiger partial charge in [-0.25, -0.2) is 0 Å². The van der Waals surface area contributed by atoms with E-state index in [4.69, 9.17) is 0 Å². The van der Waals surface area contributed by atoms with Crippen LogP contribution in [-0.4, -0.2) is 46.2 Å². The van der Waals surface area contributed by atoms with Gasteiger partial charge in [-0.1, -0.05) is 13.8 Å². The third kappa shape index (κ3) is 3.11. The van der Waals surface area contributed by atoms with Crippen LogP contribution < -0.4 is 5.32 Å². The summed E-state index contributed by atoms with van der Waals surface area (Å²) in [6.07, 6.45) is 5.73. The number of aliphatic hydroxyl groups is 1. The molecule has 0 aromatic heterocycles. The molecule has 0 aromatic rings. The first kappa shape index (κ1) is 14.8. The van der Waals surface area contributed by atoms with E-state index in [0.717, 1.165) is 38.5 Å². The Kier molecular flexibility index (Phi) is 4.85. The lowest BCUT2D eigenvalue weighted by Crippen LogP contribution is -2.55. The maximum atomic E-state index is 12.4. The average molecular weight is 268 g/mol. The molecule has 2 heterocycles. The summed E-state index contributed by atoms with van der Waals surface area (Å²) < 4.78 is 0. The van der Waals surface area contributed by atoms with Crippen molar-refractivity contribution in [3.63, 3.8) is 0 Å². The molecule has 4 nitrogen and oxygen atoms in total. The molecular formula is C15H28N2O2. The van der Waals surface area contributed by atoms with Crippen LogP contribution in [0.3, 0.4) is 0 Å². The summed E-state index contributed by atoms with van der Waals surface area (Å²) >= 11 is 0. The minimum Gasteiger partial charge on any atom is -0.393 e. The van der Waals surface area contributed by atoms with E-state index in [9.17, 15) is 9.90 Å². The Balaban J connectivity index is 1.96. The van der Waals surface area contributed by atoms with E-state index in [0.29, 0.717) is 18.1 Å². The smallest absolute Gasteiger partial charge is 0.237 e. The molecule has 0 saturated carbocycles. The molecule has 2 saturated heterocycles. The highest BCUT2D eigenvalue weighted by atomic mass is 16.3. The van der Waals surface area contributed by atoms with Gasteiger partial charge in [-0.05, 0) is 45.4 Å². The molecule has 2 N–H and O–H groups in total. The first-order valence-electron chi connectivity index (χ1n) is 7.82. The molecule has 0 radical (unpaired) electrons. The molecule has 0 spiro atoms. The highest BCUT2D eigenvalue weighted by Gasteiger charge is 2.44. The van der Waals surface area contributed by atoms with Gasteiger partial charge in [0.05, 0.1) is 12.1 Å². The van der Waals surface area contributed by atoms with Gasteiger partial charge in [-0.15, -0.1) is 0 Å². The third-order valence-electron chi connectivity index (χ3n) is 4.92. The minimum absolute atomic E-state index is 0.0643. The van der Waals surface area contributed by atoms with Crippen molar-refractivity contribution in [1.29, 1.82) is 0 Å². The quantitative estimate of drug-likeness (QED) is 0.797. The zero-order valence-corrected chi connectivity index (χ0v) is 12.4. The number of hydrogen-bond donors (Lipinski definition) is 2. The number of carbonyl (C=O) groups excluding carboxylic acids is 1. The lowest BCUT2D eigenvalue weighted by atomic mass is 9.97. The van der Waals surface area contributed by atoms with E-state index >= 15 is 0 Å². The molecule has 19 heavy (non-hydrogen) atoms. The van der Waals surface area contributed by atoms with Gasteiger partial charge >= 0.3 is 0 Å². The third-order valence-corrected chi connectivity index (χ3v) is 4.92. The number of aliphatic hydroxyl groups excluding tert-OH is 1. The molecule has 110 valence electrons. The number of nitrogens with zero attached hydrogens (tertiary/aromatic N) is 1. The van der Waals surface area contributed by atoms with Gasteiger partial charge < -0.3 is 10.4 Å². The predicted molar refractivity (Wildman–Crippen MR) is 75.9 cm³/mol. The van der Waals surface area contributed by atoms with Crippen LogP contribution in [0.5, 0.6) is 0 Å². The van der Waals surface area contributed by atoms with E-state index in [1.165, 1.54) is 0 Å². The van der Waals surface area contributed by atoms with Crippen molar-refractivity contribution in [3.8, 4) is 0 Å². The molecule has 2 bridgehead atoms. The maximum absolute atomic E-state index is 12.4. The van der Waals surface area contributed by atoms with Crippen LogP contribution >= 0.6 is 0 Å². The van der Waals surface area contributed by atoms with Crippen molar-refractivity contribution >= 4 is 5.91 Å². The van der Waals surface area contributed by atoms with Crippen molar-refractivity contribution in [3.05, 3.63) is 0 Å². The largest absolute Gasteiger partial charge is 0.393 e. The van der Waals surface area contributed by atoms with Crippen LogP contribution in [0.15, 0.2) is 0 Å². The van der Waals surface area contributed by atoms with Crippen molar-refractivity contribution < 1.29 is 9.90 Å². The average Bonchev–Trinajstić information content (AvgIpc) is 2.66. The summed E-state index contributed by atoms with van der Waals surface area (Å²) in [6, 6.07) is 1.03. The second kappa shape index (κ2) is 6.23. The van der Waals surface area contributed by atoms with Crippen LogP contribution in [0.1, 0.15) is 59.3 Å². The summed E-state index contributed by atoms with van der Waals surface area (Å²) in [6.45, 7) is 6.24. The molecule has 0 aliphatic carbocycles. The fourth-order valence-corrected chi connectivity index (χ4v) is 3.77. The van der Waals surface area contributed by atoms with Crippen molar-refractivity contribution in [2.24, 2.45) is 0 Å². The van der Waals surface area contributed by atoms with Crippen LogP contribution in [0, 0.1) is 0 Å². The van der Waals surface area contributed by atoms with Crippen LogP contribution in [-0.2, 0) is 4.79 Å². The number of fused-ring (bicyclic) bond motifs is 2. The lowest BCUT2D eigenvalue weighted by Gasteiger charge is -2.40. The van der Waals surface area contributed by atoms with E-state index in [1.807, 2.05) is 6.92 Å². The van der Waals surface area contributed by atoms with Crippen molar-refractivity contribution in [1.82, 2.24) is 10.2 Å². The summed E-state index contributed by atoms with van der Waals surface area (Å²) in [7, 11) is 0. The number of nitrogens with one attached hydrogen (secondary N) is 1. The normalized spacial score (nSPS) is 32.6. The van der Waals surface area contributed by atoms with Gasteiger partial charge in [0.25, 0.3) is 0 Å². The molecule has 0 aromatic carbocycles. The van der Waals surface area contributed by atoms with Crippen LogP contribution in [0.25, 0.3) is 0 Å². The Bertz CT molecular complexity index is 303. The number of rotatable bonds is 5. The lowest BCUT2D eigenvalue weighted by molar-refractivity contribution is -0.129. The topological polar surface area (TPSA) is 52.6 Å². The number of hydrogen-bond acceptors (Lipinski definition) is 3. The maximum Gasteiger partial charge on any atom is 0.237 e. The second-order valence-corrected chi connectivity index (χ2v) is 6.16. The molecule has 3 unspecified atom stereocenters. The van der Waals surface area contributed by atoms with E-state index < -0.39 is 0 Å². The van der Waals surface area contributed by atoms with Gasteiger partial charge in [0.2, 0.25) is 5.91 Å². The SMILES string of the molecule is CCC(CC)NC(=O)C(C)N1C2CCC1CC(O)C2. The van der Waals surface area contributed by atoms with Crippen molar-refractivity contribution in [2.45, 2.75) is 89.6 Å². The summed E-state index contributed by atoms with van der Waals surface area (Å²) in [5, 5.41) is 13.0.